The molecule has 0 bridgehead atoms. The number of rotatable bonds is 12. The van der Waals surface area contributed by atoms with Gasteiger partial charge in [0.25, 0.3) is 10.0 Å². The summed E-state index contributed by atoms with van der Waals surface area (Å²) in [4.78, 5) is 29.4. The first-order valence-electron chi connectivity index (χ1n) is 15.1. The van der Waals surface area contributed by atoms with Crippen molar-refractivity contribution >= 4 is 27.5 Å². The van der Waals surface area contributed by atoms with Crippen molar-refractivity contribution in [1.82, 2.24) is 10.2 Å². The van der Waals surface area contributed by atoms with Gasteiger partial charge < -0.3 is 10.2 Å². The number of carbonyl (C=O) groups is 2. The van der Waals surface area contributed by atoms with E-state index in [1.54, 1.807) is 39.0 Å². The lowest BCUT2D eigenvalue weighted by atomic mass is 10.0. The summed E-state index contributed by atoms with van der Waals surface area (Å²) in [7, 11) is -4.55. The Morgan fingerprint density at radius 3 is 2.09 bits per heavy atom. The van der Waals surface area contributed by atoms with Crippen molar-refractivity contribution in [1.29, 1.82) is 0 Å². The van der Waals surface area contributed by atoms with Crippen molar-refractivity contribution in [3.05, 3.63) is 131 Å². The van der Waals surface area contributed by atoms with Crippen molar-refractivity contribution in [2.45, 2.75) is 63.8 Å². The van der Waals surface area contributed by atoms with E-state index >= 15 is 0 Å². The first-order valence-corrected chi connectivity index (χ1v) is 16.6. The van der Waals surface area contributed by atoms with Crippen LogP contribution in [0.5, 0.6) is 0 Å². The van der Waals surface area contributed by atoms with E-state index in [1.807, 2.05) is 55.5 Å². The highest BCUT2D eigenvalue weighted by Gasteiger charge is 2.36. The van der Waals surface area contributed by atoms with Gasteiger partial charge in [-0.2, -0.15) is 13.2 Å². The van der Waals surface area contributed by atoms with E-state index in [4.69, 9.17) is 0 Å². The summed E-state index contributed by atoms with van der Waals surface area (Å²) in [5, 5.41) is 2.88. The molecule has 7 nitrogen and oxygen atoms in total. The van der Waals surface area contributed by atoms with E-state index in [0.29, 0.717) is 10.4 Å². The van der Waals surface area contributed by atoms with Crippen LogP contribution in [0.1, 0.15) is 41.7 Å². The second-order valence-electron chi connectivity index (χ2n) is 11.7. The third-order valence-corrected chi connectivity index (χ3v) is 9.44. The normalized spacial score (nSPS) is 12.4. The molecule has 11 heteroatoms. The van der Waals surface area contributed by atoms with Crippen LogP contribution >= 0.6 is 0 Å². The first kappa shape index (κ1) is 35.2. The van der Waals surface area contributed by atoms with E-state index in [1.165, 1.54) is 23.1 Å². The molecule has 1 atom stereocenters. The zero-order chi connectivity index (χ0) is 34.4. The molecule has 248 valence electrons. The SMILES string of the molecule is Cc1ccc(S(=O)(=O)N(CC(=O)N(Cc2ccccc2C)[C@H](Cc2ccccc2)C(=O)NC(C)C)c2cccc(C(F)(F)F)c2)cc1. The zero-order valence-electron chi connectivity index (χ0n) is 26.7. The van der Waals surface area contributed by atoms with Crippen LogP contribution < -0.4 is 9.62 Å². The molecule has 47 heavy (non-hydrogen) atoms. The molecule has 0 saturated heterocycles. The Kier molecular flexibility index (Phi) is 11.1. The third-order valence-electron chi connectivity index (χ3n) is 7.65. The minimum absolute atomic E-state index is 0.0461. The van der Waals surface area contributed by atoms with E-state index in [0.717, 1.165) is 34.4 Å². The topological polar surface area (TPSA) is 86.8 Å². The Bertz CT molecular complexity index is 1790. The second-order valence-corrected chi connectivity index (χ2v) is 13.6. The maximum absolute atomic E-state index is 14.5. The molecule has 0 saturated carbocycles. The molecular weight excluding hydrogens is 627 g/mol. The molecule has 0 heterocycles. The summed E-state index contributed by atoms with van der Waals surface area (Å²) in [6.07, 6.45) is -4.64. The minimum atomic E-state index is -4.76. The van der Waals surface area contributed by atoms with Crippen LogP contribution in [0, 0.1) is 13.8 Å². The highest BCUT2D eigenvalue weighted by atomic mass is 32.2. The zero-order valence-corrected chi connectivity index (χ0v) is 27.5. The van der Waals surface area contributed by atoms with Gasteiger partial charge in [-0.1, -0.05) is 78.4 Å². The number of nitrogens with zero attached hydrogens (tertiary/aromatic N) is 2. The number of hydrogen-bond donors (Lipinski definition) is 1. The minimum Gasteiger partial charge on any atom is -0.352 e. The van der Waals surface area contributed by atoms with Crippen molar-refractivity contribution in [2.24, 2.45) is 0 Å². The van der Waals surface area contributed by atoms with Crippen LogP contribution in [0.25, 0.3) is 0 Å². The van der Waals surface area contributed by atoms with Gasteiger partial charge in [0.1, 0.15) is 12.6 Å². The number of carbonyl (C=O) groups excluding carboxylic acids is 2. The summed E-state index contributed by atoms with van der Waals surface area (Å²) in [6.45, 7) is 6.29. The molecule has 0 fully saturated rings. The summed E-state index contributed by atoms with van der Waals surface area (Å²) in [6, 6.07) is 24.7. The Balaban J connectivity index is 1.86. The van der Waals surface area contributed by atoms with Crippen LogP contribution in [0.4, 0.5) is 18.9 Å². The number of nitrogens with one attached hydrogen (secondary N) is 1. The van der Waals surface area contributed by atoms with Gasteiger partial charge in [0.15, 0.2) is 0 Å². The molecule has 1 N–H and O–H groups in total. The molecule has 0 aliphatic rings. The predicted octanol–water partition coefficient (Wildman–Crippen LogP) is 6.68. The van der Waals surface area contributed by atoms with Gasteiger partial charge in [-0.05, 0) is 74.7 Å². The first-order chi connectivity index (χ1) is 22.2. The molecule has 4 rings (SSSR count). The molecular formula is C36H38F3N3O4S. The van der Waals surface area contributed by atoms with Crippen molar-refractivity contribution in [3.63, 3.8) is 0 Å². The van der Waals surface area contributed by atoms with Crippen molar-refractivity contribution < 1.29 is 31.2 Å². The van der Waals surface area contributed by atoms with E-state index in [-0.39, 0.29) is 29.6 Å². The van der Waals surface area contributed by atoms with E-state index in [9.17, 15) is 31.2 Å². The molecule has 0 unspecified atom stereocenters. The van der Waals surface area contributed by atoms with E-state index in [2.05, 4.69) is 5.32 Å². The Morgan fingerprint density at radius 2 is 1.47 bits per heavy atom. The number of hydrogen-bond acceptors (Lipinski definition) is 4. The number of amides is 2. The van der Waals surface area contributed by atoms with Gasteiger partial charge in [0, 0.05) is 19.0 Å². The van der Waals surface area contributed by atoms with Gasteiger partial charge in [-0.15, -0.1) is 0 Å². The van der Waals surface area contributed by atoms with Gasteiger partial charge in [-0.25, -0.2) is 8.42 Å². The maximum atomic E-state index is 14.5. The lowest BCUT2D eigenvalue weighted by Crippen LogP contribution is -2.54. The van der Waals surface area contributed by atoms with Gasteiger partial charge >= 0.3 is 6.18 Å². The van der Waals surface area contributed by atoms with Crippen LogP contribution in [0.15, 0.2) is 108 Å². The molecule has 0 aliphatic carbocycles. The average Bonchev–Trinajstić information content (AvgIpc) is 3.02. The lowest BCUT2D eigenvalue weighted by Gasteiger charge is -2.34. The summed E-state index contributed by atoms with van der Waals surface area (Å²) in [5.41, 5.74) is 1.70. The average molecular weight is 666 g/mol. The molecule has 2 amide bonds. The molecule has 4 aromatic rings. The second kappa shape index (κ2) is 14.8. The fourth-order valence-corrected chi connectivity index (χ4v) is 6.52. The molecule has 0 radical (unpaired) electrons. The van der Waals surface area contributed by atoms with Crippen LogP contribution in [-0.2, 0) is 38.8 Å². The summed E-state index contributed by atoms with van der Waals surface area (Å²) < 4.78 is 70.3. The molecule has 4 aromatic carbocycles. The van der Waals surface area contributed by atoms with Crippen LogP contribution in [0.3, 0.4) is 0 Å². The van der Waals surface area contributed by atoms with Crippen LogP contribution in [0.2, 0.25) is 0 Å². The van der Waals surface area contributed by atoms with Crippen molar-refractivity contribution in [2.75, 3.05) is 10.8 Å². The highest BCUT2D eigenvalue weighted by molar-refractivity contribution is 7.92. The summed E-state index contributed by atoms with van der Waals surface area (Å²) in [5.74, 6) is -1.21. The fraction of sp³-hybridized carbons (Fsp3) is 0.278. The van der Waals surface area contributed by atoms with E-state index < -0.39 is 46.2 Å². The molecule has 0 spiro atoms. The number of benzene rings is 4. The van der Waals surface area contributed by atoms with Crippen LogP contribution in [-0.4, -0.2) is 43.8 Å². The van der Waals surface area contributed by atoms with Gasteiger partial charge in [-0.3, -0.25) is 13.9 Å². The lowest BCUT2D eigenvalue weighted by molar-refractivity contribution is -0.140. The largest absolute Gasteiger partial charge is 0.416 e. The predicted molar refractivity (Wildman–Crippen MR) is 176 cm³/mol. The number of alkyl halides is 3. The Hall–Kier alpha value is -4.64. The fourth-order valence-electron chi connectivity index (χ4n) is 5.11. The standard InChI is InChI=1S/C36H38F3N3O4S/c1-25(2)40-35(44)33(21-28-12-6-5-7-13-28)41(23-29-14-9-8-11-27(29)4)34(43)24-42(31-16-10-15-30(22-31)36(37,38)39)47(45,46)32-19-17-26(3)18-20-32/h5-20,22,25,33H,21,23-24H2,1-4H3,(H,40,44)/t33-/m1/s1. The number of anilines is 1. The number of halogens is 3. The van der Waals surface area contributed by atoms with Gasteiger partial charge in [0.2, 0.25) is 11.8 Å². The van der Waals surface area contributed by atoms with Gasteiger partial charge in [0.05, 0.1) is 16.1 Å². The Morgan fingerprint density at radius 1 is 0.830 bits per heavy atom. The number of sulfonamides is 1. The third kappa shape index (κ3) is 9.00. The summed E-state index contributed by atoms with van der Waals surface area (Å²) >= 11 is 0. The molecule has 0 aliphatic heterocycles. The molecule has 0 aromatic heterocycles. The smallest absolute Gasteiger partial charge is 0.352 e. The Labute approximate surface area is 274 Å². The number of aryl methyl sites for hydroxylation is 2. The maximum Gasteiger partial charge on any atom is 0.416 e. The highest BCUT2D eigenvalue weighted by Crippen LogP contribution is 2.33. The monoisotopic (exact) mass is 665 g/mol. The van der Waals surface area contributed by atoms with Crippen molar-refractivity contribution in [3.8, 4) is 0 Å². The quantitative estimate of drug-likeness (QED) is 0.183.